The summed E-state index contributed by atoms with van der Waals surface area (Å²) in [5.74, 6) is 0. The van der Waals surface area contributed by atoms with E-state index in [0.717, 1.165) is 0 Å². The maximum absolute atomic E-state index is 9.36. The Morgan fingerprint density at radius 3 is 0.818 bits per heavy atom. The molecule has 0 rings (SSSR count). The molecule has 0 aliphatic rings. The van der Waals surface area contributed by atoms with Gasteiger partial charge in [0.2, 0.25) is 0 Å². The van der Waals surface area contributed by atoms with E-state index in [-0.39, 0.29) is 83.5 Å². The van der Waals surface area contributed by atoms with Crippen LogP contribution >= 0.6 is 0 Å². The quantitative estimate of drug-likeness (QED) is 0.381. The SMILES string of the molecule is [Ce+3].[Ce+3].[O-][Si]([O-])([O-])O[Si]([O-])([O-])[O-]. The molecule has 0 aromatic rings. The van der Waals surface area contributed by atoms with Gasteiger partial charge in [-0.05, 0) is 0 Å². The molecule has 0 N–H and O–H groups in total. The van der Waals surface area contributed by atoms with Crippen molar-refractivity contribution in [1.29, 1.82) is 0 Å². The van der Waals surface area contributed by atoms with Gasteiger partial charge in [0.05, 0.1) is 0 Å². The van der Waals surface area contributed by atoms with E-state index in [4.69, 9.17) is 0 Å². The zero-order chi connectivity index (χ0) is 7.71. The van der Waals surface area contributed by atoms with Crippen LogP contribution in [0.1, 0.15) is 0 Å². The predicted octanol–water partition coefficient (Wildman–Crippen LogP) is -7.96. The van der Waals surface area contributed by atoms with Gasteiger partial charge in [-0.2, -0.15) is 0 Å². The average molecular weight is 448 g/mol. The molecule has 0 aromatic carbocycles. The average Bonchev–Trinajstić information content (AvgIpc) is 1.14. The van der Waals surface area contributed by atoms with Crippen molar-refractivity contribution >= 4 is 18.1 Å². The van der Waals surface area contributed by atoms with Crippen molar-refractivity contribution in [3.05, 3.63) is 0 Å². The molecule has 0 spiro atoms. The molecule has 0 atom stereocenters. The van der Waals surface area contributed by atoms with Crippen LogP contribution < -0.4 is 28.8 Å². The van der Waals surface area contributed by atoms with Crippen LogP contribution in [0.15, 0.2) is 0 Å². The second-order valence-corrected chi connectivity index (χ2v) is 3.92. The summed E-state index contributed by atoms with van der Waals surface area (Å²) in [6.07, 6.45) is 0. The number of rotatable bonds is 2. The fraction of sp³-hybridized carbons (Fsp3) is 0. The van der Waals surface area contributed by atoms with E-state index in [1.165, 1.54) is 0 Å². The van der Waals surface area contributed by atoms with Gasteiger partial charge in [0.15, 0.2) is 0 Å². The van der Waals surface area contributed by atoms with Crippen LogP contribution in [0.4, 0.5) is 0 Å². The Morgan fingerprint density at radius 2 is 0.818 bits per heavy atom. The fourth-order valence-corrected chi connectivity index (χ4v) is 1.38. The van der Waals surface area contributed by atoms with E-state index >= 15 is 0 Å². The zero-order valence-electron chi connectivity index (χ0n) is 4.86. The van der Waals surface area contributed by atoms with Crippen LogP contribution in [-0.2, 0) is 4.12 Å². The Hall–Kier alpha value is 2.91. The van der Waals surface area contributed by atoms with E-state index in [1.807, 2.05) is 0 Å². The van der Waals surface area contributed by atoms with Crippen molar-refractivity contribution in [3.8, 4) is 0 Å². The van der Waals surface area contributed by atoms with Crippen LogP contribution in [0.5, 0.6) is 0 Å². The van der Waals surface area contributed by atoms with Crippen LogP contribution in [0.3, 0.4) is 0 Å². The van der Waals surface area contributed by atoms with Crippen LogP contribution in [0.2, 0.25) is 0 Å². The third-order valence-electron chi connectivity index (χ3n) is 0.250. The Kier molecular flexibility index (Phi) is 12.8. The van der Waals surface area contributed by atoms with Crippen molar-refractivity contribution in [3.63, 3.8) is 0 Å². The molecule has 0 saturated carbocycles. The summed E-state index contributed by atoms with van der Waals surface area (Å²) in [7, 11) is -11.8. The molecular formula is Ce2O7Si2. The maximum atomic E-state index is 9.36. The normalized spacial score (nSPS) is 11.5. The second-order valence-electron chi connectivity index (χ2n) is 1.10. The third-order valence-corrected chi connectivity index (χ3v) is 2.25. The minimum absolute atomic E-state index is 0. The van der Waals surface area contributed by atoms with Crippen molar-refractivity contribution in [2.75, 3.05) is 0 Å². The molecule has 0 aliphatic carbocycles. The Balaban J connectivity index is -0.000000320. The third kappa shape index (κ3) is 19.4. The van der Waals surface area contributed by atoms with Crippen molar-refractivity contribution in [2.24, 2.45) is 0 Å². The standard InChI is InChI=1S/2Ce.O7Si2/c;;1-8(2,3)7-9(4,5)6/q2*+3;-6. The molecule has 58 valence electrons. The summed E-state index contributed by atoms with van der Waals surface area (Å²) in [6.45, 7) is 0. The van der Waals surface area contributed by atoms with Gasteiger partial charge in [-0.3, -0.25) is 0 Å². The first-order chi connectivity index (χ1) is 3.71. The van der Waals surface area contributed by atoms with Crippen LogP contribution in [-0.4, -0.2) is 18.1 Å². The Labute approximate surface area is 132 Å². The maximum Gasteiger partial charge on any atom is 3.00 e. The first-order valence-corrected chi connectivity index (χ1v) is 4.90. The minimum Gasteiger partial charge on any atom is -0.862 e. The molecule has 0 bridgehead atoms. The smallest absolute Gasteiger partial charge is 0.862 e. The molecule has 7 nitrogen and oxygen atoms in total. The molecule has 2 radical (unpaired) electrons. The molecule has 11 heteroatoms. The topological polar surface area (TPSA) is 148 Å². The molecule has 0 unspecified atom stereocenters. The monoisotopic (exact) mass is 448 g/mol. The Bertz CT molecular complexity index is 79.6. The predicted molar refractivity (Wildman–Crippen MR) is 12.6 cm³/mol. The second kappa shape index (κ2) is 7.23. The fourth-order valence-electron chi connectivity index (χ4n) is 0.153. The van der Waals surface area contributed by atoms with Gasteiger partial charge in [-0.1, -0.05) is 0 Å². The van der Waals surface area contributed by atoms with Crippen LogP contribution in [0.25, 0.3) is 0 Å². The summed E-state index contributed by atoms with van der Waals surface area (Å²) in [5, 5.41) is 0. The summed E-state index contributed by atoms with van der Waals surface area (Å²) in [4.78, 5) is 56.2. The van der Waals surface area contributed by atoms with E-state index in [9.17, 15) is 28.8 Å². The summed E-state index contributed by atoms with van der Waals surface area (Å²) in [5.41, 5.74) is 0. The number of hydrogen-bond donors (Lipinski definition) is 0. The molecular weight excluding hydrogens is 448 g/mol. The van der Waals surface area contributed by atoms with Gasteiger partial charge >= 0.3 is 83.5 Å². The summed E-state index contributed by atoms with van der Waals surface area (Å²) in [6, 6.07) is 0. The van der Waals surface area contributed by atoms with Gasteiger partial charge < -0.3 is 32.9 Å². The molecule has 0 amide bonds. The van der Waals surface area contributed by atoms with Gasteiger partial charge in [0.1, 0.15) is 0 Å². The van der Waals surface area contributed by atoms with Gasteiger partial charge in [0.25, 0.3) is 0 Å². The molecule has 0 aliphatic heterocycles. The van der Waals surface area contributed by atoms with Crippen molar-refractivity contribution in [1.82, 2.24) is 0 Å². The van der Waals surface area contributed by atoms with Gasteiger partial charge in [-0.15, -0.1) is 18.1 Å². The first-order valence-electron chi connectivity index (χ1n) is 1.63. The van der Waals surface area contributed by atoms with Crippen LogP contribution in [0, 0.1) is 83.5 Å². The van der Waals surface area contributed by atoms with Gasteiger partial charge in [0, 0.05) is 0 Å². The molecule has 11 heavy (non-hydrogen) atoms. The van der Waals surface area contributed by atoms with E-state index in [0.29, 0.717) is 0 Å². The van der Waals surface area contributed by atoms with Crippen molar-refractivity contribution < 1.29 is 116 Å². The number of hydrogen-bond acceptors (Lipinski definition) is 7. The first kappa shape index (κ1) is 19.5. The Morgan fingerprint density at radius 1 is 0.636 bits per heavy atom. The van der Waals surface area contributed by atoms with E-state index < -0.39 is 18.1 Å². The largest absolute Gasteiger partial charge is 3.00 e. The molecule has 0 saturated heterocycles. The van der Waals surface area contributed by atoms with Gasteiger partial charge in [-0.25, -0.2) is 0 Å². The minimum atomic E-state index is -5.92. The van der Waals surface area contributed by atoms with E-state index in [2.05, 4.69) is 4.12 Å². The van der Waals surface area contributed by atoms with Crippen molar-refractivity contribution in [2.45, 2.75) is 0 Å². The molecule has 0 heterocycles. The molecule has 0 fully saturated rings. The summed E-state index contributed by atoms with van der Waals surface area (Å²) >= 11 is 0. The zero-order valence-corrected chi connectivity index (χ0v) is 13.1. The van der Waals surface area contributed by atoms with E-state index in [1.54, 1.807) is 0 Å². The summed E-state index contributed by atoms with van der Waals surface area (Å²) < 4.78 is 2.57. The molecule has 0 aromatic heterocycles.